The number of amides is 1. The summed E-state index contributed by atoms with van der Waals surface area (Å²) in [4.78, 5) is 27.4. The maximum absolute atomic E-state index is 12.8. The van der Waals surface area contributed by atoms with E-state index in [4.69, 9.17) is 4.74 Å². The molecular weight excluding hydrogens is 472 g/mol. The van der Waals surface area contributed by atoms with E-state index in [1.165, 1.54) is 50.4 Å². The third-order valence-corrected chi connectivity index (χ3v) is 6.67. The van der Waals surface area contributed by atoms with Crippen molar-refractivity contribution in [3.63, 3.8) is 0 Å². The van der Waals surface area contributed by atoms with Gasteiger partial charge in [-0.05, 0) is 61.5 Å². The van der Waals surface area contributed by atoms with Gasteiger partial charge in [-0.25, -0.2) is 8.42 Å². The number of pyridine rings is 1. The van der Waals surface area contributed by atoms with Crippen LogP contribution in [0.15, 0.2) is 77.8 Å². The van der Waals surface area contributed by atoms with Crippen LogP contribution in [0.3, 0.4) is 0 Å². The Hall–Kier alpha value is -4.51. The number of anilines is 2. The fourth-order valence-corrected chi connectivity index (χ4v) is 4.55. The van der Waals surface area contributed by atoms with Crippen molar-refractivity contribution in [2.45, 2.75) is 11.8 Å². The summed E-state index contributed by atoms with van der Waals surface area (Å²) in [5.41, 5.74) is 1.71. The molecule has 0 radical (unpaired) electrons. The van der Waals surface area contributed by atoms with Crippen molar-refractivity contribution in [2.75, 3.05) is 17.1 Å². The summed E-state index contributed by atoms with van der Waals surface area (Å²) in [7, 11) is -2.53. The first-order valence-electron chi connectivity index (χ1n) is 10.3. The van der Waals surface area contributed by atoms with Gasteiger partial charge in [0.05, 0.1) is 22.6 Å². The van der Waals surface area contributed by atoms with E-state index in [1.807, 2.05) is 6.07 Å². The first-order chi connectivity index (χ1) is 16.7. The van der Waals surface area contributed by atoms with E-state index in [0.717, 1.165) is 6.07 Å². The zero-order chi connectivity index (χ0) is 25.2. The standard InChI is InChI=1S/C24H20N4O6S/c1-15-5-10-18(14-21(15)28(30)31)35(32,33)27-17-8-6-16(7-9-17)24(29)26-20-11-12-22(34-2)23-19(20)4-3-13-25-23/h3-14,27H,1-2H3,(H,26,29). The van der Waals surface area contributed by atoms with Crippen LogP contribution in [0.25, 0.3) is 10.9 Å². The largest absolute Gasteiger partial charge is 0.494 e. The lowest BCUT2D eigenvalue weighted by Crippen LogP contribution is -2.14. The molecule has 0 saturated carbocycles. The minimum atomic E-state index is -4.07. The second-order valence-corrected chi connectivity index (χ2v) is 9.24. The van der Waals surface area contributed by atoms with E-state index in [0.29, 0.717) is 33.5 Å². The van der Waals surface area contributed by atoms with Crippen molar-refractivity contribution in [2.24, 2.45) is 0 Å². The molecule has 4 aromatic rings. The van der Waals surface area contributed by atoms with Crippen molar-refractivity contribution < 1.29 is 22.9 Å². The zero-order valence-electron chi connectivity index (χ0n) is 18.7. The molecule has 4 rings (SSSR count). The molecule has 0 saturated heterocycles. The molecule has 0 spiro atoms. The van der Waals surface area contributed by atoms with Gasteiger partial charge in [-0.2, -0.15) is 0 Å². The van der Waals surface area contributed by atoms with E-state index in [2.05, 4.69) is 15.0 Å². The molecule has 0 fully saturated rings. The van der Waals surface area contributed by atoms with Crippen LogP contribution in [0.2, 0.25) is 0 Å². The van der Waals surface area contributed by atoms with Crippen molar-refractivity contribution in [3.05, 3.63) is 94.2 Å². The number of hydrogen-bond acceptors (Lipinski definition) is 7. The van der Waals surface area contributed by atoms with Gasteiger partial charge in [-0.15, -0.1) is 0 Å². The van der Waals surface area contributed by atoms with Crippen LogP contribution in [-0.4, -0.2) is 31.3 Å². The lowest BCUT2D eigenvalue weighted by atomic mass is 10.1. The third-order valence-electron chi connectivity index (χ3n) is 5.29. The number of hydrogen-bond donors (Lipinski definition) is 2. The number of ether oxygens (including phenoxy) is 1. The molecule has 1 amide bonds. The molecule has 178 valence electrons. The van der Waals surface area contributed by atoms with Crippen molar-refractivity contribution in [1.29, 1.82) is 0 Å². The first kappa shape index (κ1) is 23.6. The first-order valence-corrected chi connectivity index (χ1v) is 11.8. The molecule has 0 aliphatic rings. The number of carbonyl (C=O) groups excluding carboxylic acids is 1. The monoisotopic (exact) mass is 492 g/mol. The Morgan fingerprint density at radius 3 is 2.49 bits per heavy atom. The zero-order valence-corrected chi connectivity index (χ0v) is 19.5. The van der Waals surface area contributed by atoms with Gasteiger partial charge in [0.25, 0.3) is 21.6 Å². The van der Waals surface area contributed by atoms with Crippen LogP contribution in [0, 0.1) is 17.0 Å². The number of nitrogens with zero attached hydrogens (tertiary/aromatic N) is 2. The summed E-state index contributed by atoms with van der Waals surface area (Å²) < 4.78 is 33.1. The molecular formula is C24H20N4O6S. The van der Waals surface area contributed by atoms with Crippen LogP contribution in [0.1, 0.15) is 15.9 Å². The van der Waals surface area contributed by atoms with Gasteiger partial charge in [-0.1, -0.05) is 6.07 Å². The van der Waals surface area contributed by atoms with Crippen molar-refractivity contribution in [1.82, 2.24) is 4.98 Å². The Morgan fingerprint density at radius 1 is 1.06 bits per heavy atom. The van der Waals surface area contributed by atoms with Crippen LogP contribution >= 0.6 is 0 Å². The molecule has 2 N–H and O–H groups in total. The number of carbonyl (C=O) groups is 1. The van der Waals surface area contributed by atoms with Crippen LogP contribution < -0.4 is 14.8 Å². The number of methoxy groups -OCH3 is 1. The fourth-order valence-electron chi connectivity index (χ4n) is 3.47. The normalized spacial score (nSPS) is 11.1. The minimum absolute atomic E-state index is 0.198. The van der Waals surface area contributed by atoms with Gasteiger partial charge in [0.1, 0.15) is 11.3 Å². The Kier molecular flexibility index (Phi) is 6.34. The Labute approximate surface area is 200 Å². The van der Waals surface area contributed by atoms with Crippen LogP contribution in [0.4, 0.5) is 17.1 Å². The highest BCUT2D eigenvalue weighted by Crippen LogP contribution is 2.30. The summed E-state index contributed by atoms with van der Waals surface area (Å²) in [6.45, 7) is 1.52. The second kappa shape index (κ2) is 9.39. The highest BCUT2D eigenvalue weighted by atomic mass is 32.2. The molecule has 0 aliphatic heterocycles. The van der Waals surface area contributed by atoms with Gasteiger partial charge in [0.15, 0.2) is 0 Å². The summed E-state index contributed by atoms with van der Waals surface area (Å²) in [5.74, 6) is 0.179. The van der Waals surface area contributed by atoms with Crippen LogP contribution in [-0.2, 0) is 10.0 Å². The number of nitro benzene ring substituents is 1. The molecule has 3 aromatic carbocycles. The summed E-state index contributed by atoms with van der Waals surface area (Å²) in [6, 6.07) is 16.5. The van der Waals surface area contributed by atoms with Crippen LogP contribution in [0.5, 0.6) is 5.75 Å². The number of nitrogens with one attached hydrogen (secondary N) is 2. The van der Waals surface area contributed by atoms with Gasteiger partial charge in [0, 0.05) is 34.5 Å². The molecule has 0 bridgehead atoms. The smallest absolute Gasteiger partial charge is 0.273 e. The molecule has 1 aromatic heterocycles. The van der Waals surface area contributed by atoms with E-state index in [1.54, 1.807) is 24.4 Å². The average molecular weight is 493 g/mol. The molecule has 0 unspecified atom stereocenters. The number of benzene rings is 3. The highest BCUT2D eigenvalue weighted by Gasteiger charge is 2.20. The lowest BCUT2D eigenvalue weighted by Gasteiger charge is -2.12. The number of nitro groups is 1. The lowest BCUT2D eigenvalue weighted by molar-refractivity contribution is -0.385. The Balaban J connectivity index is 1.53. The van der Waals surface area contributed by atoms with Gasteiger partial charge >= 0.3 is 0 Å². The number of aromatic nitrogens is 1. The predicted octanol–water partition coefficient (Wildman–Crippen LogP) is 4.51. The number of fused-ring (bicyclic) bond motifs is 1. The van der Waals surface area contributed by atoms with E-state index < -0.39 is 20.9 Å². The Morgan fingerprint density at radius 2 is 1.80 bits per heavy atom. The molecule has 11 heteroatoms. The summed E-state index contributed by atoms with van der Waals surface area (Å²) in [6.07, 6.45) is 1.63. The summed E-state index contributed by atoms with van der Waals surface area (Å²) >= 11 is 0. The maximum Gasteiger partial charge on any atom is 0.273 e. The molecule has 1 heterocycles. The SMILES string of the molecule is COc1ccc(NC(=O)c2ccc(NS(=O)(=O)c3ccc(C)c([N+](=O)[O-])c3)cc2)c2cccnc12. The van der Waals surface area contributed by atoms with E-state index in [9.17, 15) is 23.3 Å². The van der Waals surface area contributed by atoms with E-state index >= 15 is 0 Å². The van der Waals surface area contributed by atoms with Crippen molar-refractivity contribution in [3.8, 4) is 5.75 Å². The number of sulfonamides is 1. The van der Waals surface area contributed by atoms with Gasteiger partial charge < -0.3 is 10.1 Å². The molecule has 35 heavy (non-hydrogen) atoms. The van der Waals surface area contributed by atoms with Gasteiger partial charge in [0.2, 0.25) is 0 Å². The quantitative estimate of drug-likeness (QED) is 0.286. The molecule has 10 nitrogen and oxygen atoms in total. The predicted molar refractivity (Wildman–Crippen MR) is 131 cm³/mol. The molecule has 0 atom stereocenters. The summed E-state index contributed by atoms with van der Waals surface area (Å²) in [5, 5.41) is 14.7. The highest BCUT2D eigenvalue weighted by molar-refractivity contribution is 7.92. The third kappa shape index (κ3) is 4.89. The Bertz CT molecular complexity index is 1550. The van der Waals surface area contributed by atoms with Crippen molar-refractivity contribution >= 4 is 43.9 Å². The molecule has 0 aliphatic carbocycles. The average Bonchev–Trinajstić information content (AvgIpc) is 2.84. The second-order valence-electron chi connectivity index (χ2n) is 7.56. The van der Waals surface area contributed by atoms with Gasteiger partial charge in [-0.3, -0.25) is 24.6 Å². The number of rotatable bonds is 7. The minimum Gasteiger partial charge on any atom is -0.494 e. The number of aryl methyl sites for hydroxylation is 1. The fraction of sp³-hybridized carbons (Fsp3) is 0.0833. The maximum atomic E-state index is 12.8. The topological polar surface area (TPSA) is 141 Å². The van der Waals surface area contributed by atoms with E-state index in [-0.39, 0.29) is 16.3 Å².